The topological polar surface area (TPSA) is 15.3 Å². The second kappa shape index (κ2) is 6.17. The van der Waals surface area contributed by atoms with Crippen molar-refractivity contribution in [1.29, 1.82) is 0 Å². The highest BCUT2D eigenvalue weighted by Crippen LogP contribution is 2.27. The molecule has 1 aromatic carbocycles. The van der Waals surface area contributed by atoms with Crippen molar-refractivity contribution in [3.8, 4) is 0 Å². The summed E-state index contributed by atoms with van der Waals surface area (Å²) in [7, 11) is 0. The molecule has 3 rings (SSSR count). The fraction of sp³-hybridized carbons (Fsp3) is 0.667. The Hall–Kier alpha value is -1.02. The molecule has 0 spiro atoms. The van der Waals surface area contributed by atoms with Gasteiger partial charge in [-0.05, 0) is 67.8 Å². The second-order valence-electron chi connectivity index (χ2n) is 6.88. The molecule has 1 saturated heterocycles. The Balaban J connectivity index is 1.60. The average Bonchev–Trinajstić information content (AvgIpc) is 2.76. The quantitative estimate of drug-likeness (QED) is 0.897. The van der Waals surface area contributed by atoms with Gasteiger partial charge >= 0.3 is 0 Å². The zero-order valence-corrected chi connectivity index (χ0v) is 13.0. The first-order valence-electron chi connectivity index (χ1n) is 8.30. The predicted octanol–water partition coefficient (Wildman–Crippen LogP) is 3.91. The van der Waals surface area contributed by atoms with E-state index in [1.807, 2.05) is 0 Å². The monoisotopic (exact) mass is 272 g/mol. The van der Waals surface area contributed by atoms with Gasteiger partial charge in [0, 0.05) is 18.8 Å². The number of benzene rings is 1. The molecule has 2 aliphatic rings. The average molecular weight is 272 g/mol. The summed E-state index contributed by atoms with van der Waals surface area (Å²) in [6.45, 7) is 9.54. The highest BCUT2D eigenvalue weighted by Gasteiger charge is 2.20. The summed E-state index contributed by atoms with van der Waals surface area (Å²) in [6.07, 6.45) is 5.35. The van der Waals surface area contributed by atoms with Gasteiger partial charge in [-0.1, -0.05) is 26.0 Å². The highest BCUT2D eigenvalue weighted by atomic mass is 15.1. The maximum Gasteiger partial charge on any atom is 0.0376 e. The molecule has 1 aromatic rings. The van der Waals surface area contributed by atoms with E-state index in [0.717, 1.165) is 24.9 Å². The van der Waals surface area contributed by atoms with Crippen LogP contribution in [0.15, 0.2) is 18.2 Å². The number of rotatable bonds is 3. The molecule has 0 radical (unpaired) electrons. The summed E-state index contributed by atoms with van der Waals surface area (Å²) in [6, 6.07) is 7.02. The first-order valence-corrected chi connectivity index (χ1v) is 8.30. The van der Waals surface area contributed by atoms with Gasteiger partial charge in [-0.15, -0.1) is 0 Å². The molecular weight excluding hydrogens is 244 g/mol. The van der Waals surface area contributed by atoms with Gasteiger partial charge in [0.2, 0.25) is 0 Å². The lowest BCUT2D eigenvalue weighted by atomic mass is 9.89. The first kappa shape index (κ1) is 13.9. The van der Waals surface area contributed by atoms with Crippen molar-refractivity contribution < 1.29 is 0 Å². The van der Waals surface area contributed by atoms with Crippen LogP contribution in [0, 0.1) is 11.8 Å². The minimum absolute atomic E-state index is 0.846. The van der Waals surface area contributed by atoms with E-state index in [9.17, 15) is 0 Å². The Labute approximate surface area is 123 Å². The molecule has 1 N–H and O–H groups in total. The third-order valence-corrected chi connectivity index (χ3v) is 5.10. The predicted molar refractivity (Wildman–Crippen MR) is 86.1 cm³/mol. The van der Waals surface area contributed by atoms with E-state index in [2.05, 4.69) is 42.3 Å². The van der Waals surface area contributed by atoms with Gasteiger partial charge in [-0.2, -0.15) is 0 Å². The number of nitrogens with one attached hydrogen (secondary N) is 1. The fourth-order valence-corrected chi connectivity index (χ4v) is 3.70. The van der Waals surface area contributed by atoms with E-state index < -0.39 is 0 Å². The van der Waals surface area contributed by atoms with E-state index in [4.69, 9.17) is 0 Å². The number of hydrogen-bond donors (Lipinski definition) is 1. The molecule has 1 unspecified atom stereocenters. The molecule has 0 aliphatic carbocycles. The summed E-state index contributed by atoms with van der Waals surface area (Å²) < 4.78 is 0. The Bertz CT molecular complexity index is 453. The van der Waals surface area contributed by atoms with Crippen molar-refractivity contribution in [1.82, 2.24) is 4.90 Å². The van der Waals surface area contributed by atoms with Crippen LogP contribution >= 0.6 is 0 Å². The molecule has 1 fully saturated rings. The number of nitrogens with zero attached hydrogens (tertiary/aromatic N) is 1. The van der Waals surface area contributed by atoms with Crippen LogP contribution in [0.25, 0.3) is 0 Å². The Kier molecular flexibility index (Phi) is 4.30. The van der Waals surface area contributed by atoms with Crippen LogP contribution in [0.3, 0.4) is 0 Å². The van der Waals surface area contributed by atoms with Gasteiger partial charge in [-0.3, -0.25) is 4.90 Å². The van der Waals surface area contributed by atoms with Crippen LogP contribution < -0.4 is 5.32 Å². The van der Waals surface area contributed by atoms with Crippen molar-refractivity contribution in [2.45, 2.75) is 46.1 Å². The first-order chi connectivity index (χ1) is 9.72. The minimum Gasteiger partial charge on any atom is -0.384 e. The zero-order valence-electron chi connectivity index (χ0n) is 13.0. The molecular formula is C18H28N2. The third kappa shape index (κ3) is 3.17. The van der Waals surface area contributed by atoms with Crippen molar-refractivity contribution in [2.24, 2.45) is 11.8 Å². The van der Waals surface area contributed by atoms with Crippen LogP contribution in [0.2, 0.25) is 0 Å². The van der Waals surface area contributed by atoms with E-state index in [1.165, 1.54) is 55.6 Å². The highest BCUT2D eigenvalue weighted by molar-refractivity contribution is 5.56. The summed E-state index contributed by atoms with van der Waals surface area (Å²) in [4.78, 5) is 2.65. The van der Waals surface area contributed by atoms with Crippen molar-refractivity contribution >= 4 is 5.69 Å². The Morgan fingerprint density at radius 2 is 2.15 bits per heavy atom. The molecule has 1 atom stereocenters. The largest absolute Gasteiger partial charge is 0.384 e. The van der Waals surface area contributed by atoms with Crippen molar-refractivity contribution in [3.63, 3.8) is 0 Å². The molecule has 20 heavy (non-hydrogen) atoms. The van der Waals surface area contributed by atoms with E-state index in [-0.39, 0.29) is 0 Å². The smallest absolute Gasteiger partial charge is 0.0376 e. The number of likely N-dealkylation sites (tertiary alicyclic amines) is 1. The summed E-state index contributed by atoms with van der Waals surface area (Å²) in [5.41, 5.74) is 4.34. The van der Waals surface area contributed by atoms with E-state index >= 15 is 0 Å². The van der Waals surface area contributed by atoms with Gasteiger partial charge in [0.1, 0.15) is 0 Å². The maximum absolute atomic E-state index is 3.49. The Morgan fingerprint density at radius 1 is 1.25 bits per heavy atom. The molecule has 0 bridgehead atoms. The second-order valence-corrected chi connectivity index (χ2v) is 6.88. The lowest BCUT2D eigenvalue weighted by Gasteiger charge is -2.21. The Morgan fingerprint density at radius 3 is 3.00 bits per heavy atom. The molecule has 0 amide bonds. The van der Waals surface area contributed by atoms with Crippen LogP contribution in [0.1, 0.15) is 44.2 Å². The third-order valence-electron chi connectivity index (χ3n) is 5.10. The molecule has 0 aromatic heterocycles. The lowest BCUT2D eigenvalue weighted by molar-refractivity contribution is 0.265. The minimum atomic E-state index is 0.846. The number of anilines is 1. The van der Waals surface area contributed by atoms with Crippen LogP contribution in [-0.2, 0) is 13.0 Å². The molecule has 2 heterocycles. The number of hydrogen-bond acceptors (Lipinski definition) is 2. The van der Waals surface area contributed by atoms with Gasteiger partial charge in [0.05, 0.1) is 0 Å². The van der Waals surface area contributed by atoms with Gasteiger partial charge in [0.15, 0.2) is 0 Å². The SMILES string of the molecule is CC(C)C1CCCN(Cc2ccc3c(c2)NCC3)CC1. The molecule has 110 valence electrons. The van der Waals surface area contributed by atoms with Crippen LogP contribution in [0.5, 0.6) is 0 Å². The molecule has 2 nitrogen and oxygen atoms in total. The van der Waals surface area contributed by atoms with Crippen molar-refractivity contribution in [3.05, 3.63) is 29.3 Å². The van der Waals surface area contributed by atoms with Crippen LogP contribution in [0.4, 0.5) is 5.69 Å². The zero-order chi connectivity index (χ0) is 13.9. The number of fused-ring (bicyclic) bond motifs is 1. The summed E-state index contributed by atoms with van der Waals surface area (Å²) in [5.74, 6) is 1.78. The maximum atomic E-state index is 3.49. The molecule has 2 heteroatoms. The summed E-state index contributed by atoms with van der Waals surface area (Å²) in [5, 5.41) is 3.49. The standard InChI is InChI=1S/C18H28N2/c1-14(2)16-4-3-10-20(11-8-16)13-15-5-6-17-7-9-19-18(17)12-15/h5-6,12,14,16,19H,3-4,7-11,13H2,1-2H3. The normalized spacial score (nSPS) is 23.4. The summed E-state index contributed by atoms with van der Waals surface area (Å²) >= 11 is 0. The van der Waals surface area contributed by atoms with E-state index in [1.54, 1.807) is 0 Å². The van der Waals surface area contributed by atoms with Crippen molar-refractivity contribution in [2.75, 3.05) is 25.0 Å². The van der Waals surface area contributed by atoms with Crippen LogP contribution in [-0.4, -0.2) is 24.5 Å². The van der Waals surface area contributed by atoms with Gasteiger partial charge in [-0.25, -0.2) is 0 Å². The van der Waals surface area contributed by atoms with Gasteiger partial charge in [0.25, 0.3) is 0 Å². The fourth-order valence-electron chi connectivity index (χ4n) is 3.70. The molecule has 0 saturated carbocycles. The van der Waals surface area contributed by atoms with Gasteiger partial charge < -0.3 is 5.32 Å². The molecule has 2 aliphatic heterocycles. The van der Waals surface area contributed by atoms with E-state index in [0.29, 0.717) is 0 Å². The lowest BCUT2D eigenvalue weighted by Crippen LogP contribution is -2.24.